The average Bonchev–Trinajstić information content (AvgIpc) is 3.12. The zero-order chi connectivity index (χ0) is 17.6. The molecular formula is C21H22NO3+. The van der Waals surface area contributed by atoms with Crippen LogP contribution in [0.25, 0.3) is 11.3 Å². The van der Waals surface area contributed by atoms with E-state index < -0.39 is 0 Å². The Morgan fingerprint density at radius 3 is 2.36 bits per heavy atom. The van der Waals surface area contributed by atoms with Crippen molar-refractivity contribution in [2.75, 3.05) is 7.11 Å². The predicted molar refractivity (Wildman–Crippen MR) is 96.0 cm³/mol. The molecule has 1 aromatic heterocycles. The first-order chi connectivity index (χ1) is 12.2. The van der Waals surface area contributed by atoms with Crippen LogP contribution in [0, 0.1) is 6.92 Å². The molecule has 0 atom stereocenters. The van der Waals surface area contributed by atoms with Gasteiger partial charge in [-0.15, -0.1) is 0 Å². The first-order valence-electron chi connectivity index (χ1n) is 8.30. The van der Waals surface area contributed by atoms with Gasteiger partial charge in [0.1, 0.15) is 18.8 Å². The highest BCUT2D eigenvalue weighted by Crippen LogP contribution is 2.22. The van der Waals surface area contributed by atoms with E-state index in [9.17, 15) is 4.79 Å². The molecule has 0 fully saturated rings. The molecule has 0 radical (unpaired) electrons. The molecule has 0 saturated carbocycles. The minimum absolute atomic E-state index is 0.336. The Morgan fingerprint density at radius 1 is 0.960 bits per heavy atom. The van der Waals surface area contributed by atoms with Crippen LogP contribution in [0.5, 0.6) is 0 Å². The third-order valence-electron chi connectivity index (χ3n) is 4.10. The number of carbonyl (C=O) groups is 1. The molecule has 0 spiro atoms. The van der Waals surface area contributed by atoms with Crippen molar-refractivity contribution in [1.82, 2.24) is 0 Å². The Hall–Kier alpha value is -2.85. The maximum Gasteiger partial charge on any atom is 0.337 e. The molecule has 128 valence electrons. The molecule has 4 nitrogen and oxygen atoms in total. The number of hydrogen-bond donors (Lipinski definition) is 1. The molecule has 4 heteroatoms. The van der Waals surface area contributed by atoms with Crippen LogP contribution in [0.1, 0.15) is 27.2 Å². The number of esters is 1. The van der Waals surface area contributed by atoms with Gasteiger partial charge in [-0.05, 0) is 31.2 Å². The van der Waals surface area contributed by atoms with Gasteiger partial charge < -0.3 is 14.5 Å². The van der Waals surface area contributed by atoms with E-state index in [-0.39, 0.29) is 5.97 Å². The molecule has 1 heterocycles. The zero-order valence-electron chi connectivity index (χ0n) is 14.5. The van der Waals surface area contributed by atoms with Gasteiger partial charge in [0.25, 0.3) is 0 Å². The Kier molecular flexibility index (Phi) is 5.31. The third-order valence-corrected chi connectivity index (χ3v) is 4.10. The summed E-state index contributed by atoms with van der Waals surface area (Å²) in [6.45, 7) is 3.80. The SMILES string of the molecule is COC(=O)c1ccc(-c2ccc(C[NH2+]Cc3ccc(C)cc3)o2)cc1. The maximum absolute atomic E-state index is 11.5. The van der Waals surface area contributed by atoms with Crippen molar-refractivity contribution >= 4 is 5.97 Å². The van der Waals surface area contributed by atoms with Crippen LogP contribution in [0.2, 0.25) is 0 Å². The van der Waals surface area contributed by atoms with Gasteiger partial charge in [-0.1, -0.05) is 42.0 Å². The highest BCUT2D eigenvalue weighted by Gasteiger charge is 2.09. The summed E-state index contributed by atoms with van der Waals surface area (Å²) in [7, 11) is 1.38. The number of ether oxygens (including phenoxy) is 1. The zero-order valence-corrected chi connectivity index (χ0v) is 14.5. The second-order valence-electron chi connectivity index (χ2n) is 6.02. The molecular weight excluding hydrogens is 314 g/mol. The molecule has 0 aliphatic rings. The number of benzene rings is 2. The molecule has 0 saturated heterocycles. The number of furan rings is 1. The molecule has 0 unspecified atom stereocenters. The van der Waals surface area contributed by atoms with E-state index in [0.29, 0.717) is 5.56 Å². The fraction of sp³-hybridized carbons (Fsp3) is 0.190. The van der Waals surface area contributed by atoms with Crippen LogP contribution in [0.15, 0.2) is 65.1 Å². The number of hydrogen-bond acceptors (Lipinski definition) is 3. The number of aryl methyl sites for hydroxylation is 1. The van der Waals surface area contributed by atoms with Crippen molar-refractivity contribution in [1.29, 1.82) is 0 Å². The lowest BCUT2D eigenvalue weighted by molar-refractivity contribution is -0.687. The molecule has 0 bridgehead atoms. The number of nitrogens with two attached hydrogens (primary N) is 1. The molecule has 2 N–H and O–H groups in total. The van der Waals surface area contributed by atoms with E-state index in [0.717, 1.165) is 30.2 Å². The fourth-order valence-corrected chi connectivity index (χ4v) is 2.64. The quantitative estimate of drug-likeness (QED) is 0.703. The molecule has 0 aliphatic heterocycles. The summed E-state index contributed by atoms with van der Waals surface area (Å²) in [6.07, 6.45) is 0. The van der Waals surface area contributed by atoms with Crippen LogP contribution < -0.4 is 5.32 Å². The topological polar surface area (TPSA) is 56.0 Å². The molecule has 3 aromatic rings. The molecule has 0 amide bonds. The maximum atomic E-state index is 11.5. The minimum atomic E-state index is -0.336. The Balaban J connectivity index is 1.58. The first kappa shape index (κ1) is 17.0. The lowest BCUT2D eigenvalue weighted by Crippen LogP contribution is -2.80. The second kappa shape index (κ2) is 7.81. The van der Waals surface area contributed by atoms with Gasteiger partial charge in [0.05, 0.1) is 12.7 Å². The summed E-state index contributed by atoms with van der Waals surface area (Å²) < 4.78 is 10.6. The summed E-state index contributed by atoms with van der Waals surface area (Å²) in [5, 5.41) is 2.22. The number of methoxy groups -OCH3 is 1. The van der Waals surface area contributed by atoms with E-state index in [1.54, 1.807) is 12.1 Å². The van der Waals surface area contributed by atoms with Crippen molar-refractivity contribution < 1.29 is 19.3 Å². The third kappa shape index (κ3) is 4.37. The van der Waals surface area contributed by atoms with E-state index in [1.165, 1.54) is 18.2 Å². The highest BCUT2D eigenvalue weighted by molar-refractivity contribution is 5.89. The predicted octanol–water partition coefficient (Wildman–Crippen LogP) is 3.31. The van der Waals surface area contributed by atoms with E-state index >= 15 is 0 Å². The monoisotopic (exact) mass is 336 g/mol. The van der Waals surface area contributed by atoms with E-state index in [2.05, 4.69) is 36.5 Å². The van der Waals surface area contributed by atoms with E-state index in [4.69, 9.17) is 9.15 Å². The largest absolute Gasteiger partial charge is 0.465 e. The number of rotatable bonds is 6. The molecule has 3 rings (SSSR count). The summed E-state index contributed by atoms with van der Waals surface area (Å²) in [6, 6.07) is 19.7. The van der Waals surface area contributed by atoms with Crippen LogP contribution in [-0.2, 0) is 17.8 Å². The van der Waals surface area contributed by atoms with Crippen molar-refractivity contribution in [3.8, 4) is 11.3 Å². The minimum Gasteiger partial charge on any atom is -0.465 e. The van der Waals surface area contributed by atoms with Gasteiger partial charge in [-0.3, -0.25) is 0 Å². The summed E-state index contributed by atoms with van der Waals surface area (Å²) >= 11 is 0. The van der Waals surface area contributed by atoms with Gasteiger partial charge >= 0.3 is 5.97 Å². The second-order valence-corrected chi connectivity index (χ2v) is 6.02. The van der Waals surface area contributed by atoms with Crippen LogP contribution in [0.3, 0.4) is 0 Å². The number of quaternary nitrogens is 1. The lowest BCUT2D eigenvalue weighted by atomic mass is 10.1. The first-order valence-corrected chi connectivity index (χ1v) is 8.30. The van der Waals surface area contributed by atoms with Crippen LogP contribution in [0.4, 0.5) is 0 Å². The van der Waals surface area contributed by atoms with Gasteiger partial charge in [0.2, 0.25) is 0 Å². The van der Waals surface area contributed by atoms with E-state index in [1.807, 2.05) is 24.3 Å². The van der Waals surface area contributed by atoms with Crippen LogP contribution in [-0.4, -0.2) is 13.1 Å². The van der Waals surface area contributed by atoms with Gasteiger partial charge in [-0.25, -0.2) is 4.79 Å². The van der Waals surface area contributed by atoms with Crippen molar-refractivity contribution in [2.24, 2.45) is 0 Å². The fourth-order valence-electron chi connectivity index (χ4n) is 2.64. The van der Waals surface area contributed by atoms with Gasteiger partial charge in [0.15, 0.2) is 5.76 Å². The van der Waals surface area contributed by atoms with Crippen molar-refractivity contribution in [3.05, 3.63) is 83.1 Å². The van der Waals surface area contributed by atoms with Crippen molar-refractivity contribution in [2.45, 2.75) is 20.0 Å². The van der Waals surface area contributed by atoms with Gasteiger partial charge in [-0.2, -0.15) is 0 Å². The molecule has 0 aliphatic carbocycles. The summed E-state index contributed by atoms with van der Waals surface area (Å²) in [4.78, 5) is 11.5. The smallest absolute Gasteiger partial charge is 0.337 e. The standard InChI is InChI=1S/C21H21NO3/c1-15-3-5-16(6-4-15)13-22-14-19-11-12-20(25-19)17-7-9-18(10-8-17)21(23)24-2/h3-12,22H,13-14H2,1-2H3/p+1. The average molecular weight is 336 g/mol. The Bertz CT molecular complexity index is 832. The van der Waals surface area contributed by atoms with Gasteiger partial charge in [0, 0.05) is 11.1 Å². The summed E-state index contributed by atoms with van der Waals surface area (Å²) in [5.74, 6) is 1.40. The number of carbonyl (C=O) groups excluding carboxylic acids is 1. The van der Waals surface area contributed by atoms with Crippen molar-refractivity contribution in [3.63, 3.8) is 0 Å². The molecule has 2 aromatic carbocycles. The Labute approximate surface area is 147 Å². The van der Waals surface area contributed by atoms with Crippen LogP contribution >= 0.6 is 0 Å². The normalized spacial score (nSPS) is 10.6. The highest BCUT2D eigenvalue weighted by atomic mass is 16.5. The molecule has 25 heavy (non-hydrogen) atoms. The summed E-state index contributed by atoms with van der Waals surface area (Å²) in [5.41, 5.74) is 4.05. The Morgan fingerprint density at radius 2 is 1.68 bits per heavy atom. The lowest BCUT2D eigenvalue weighted by Gasteiger charge is -2.02.